The van der Waals surface area contributed by atoms with E-state index in [1.165, 1.54) is 0 Å². The standard InChI is InChI=1S/C22H24O4/c1-3-14(2)26-22(25)20-17(15-10-6-4-7-11-15)19(21(23)24)18(20)16-12-8-5-9-13-16/h4-14,17-20H,3H2,1-2H3,(H,23,24)/p-1/t14-,17-,18+,19?,20?/m0/s1. The van der Waals surface area contributed by atoms with Crippen molar-refractivity contribution < 1.29 is 19.4 Å². The number of hydrogen-bond donors (Lipinski definition) is 0. The number of rotatable bonds is 6. The van der Waals surface area contributed by atoms with Crippen LogP contribution in [0.5, 0.6) is 0 Å². The van der Waals surface area contributed by atoms with Crippen LogP contribution in [0.25, 0.3) is 0 Å². The van der Waals surface area contributed by atoms with Crippen molar-refractivity contribution in [1.29, 1.82) is 0 Å². The van der Waals surface area contributed by atoms with Gasteiger partial charge in [-0.15, -0.1) is 0 Å². The van der Waals surface area contributed by atoms with E-state index in [9.17, 15) is 14.7 Å². The van der Waals surface area contributed by atoms with Crippen LogP contribution in [0.2, 0.25) is 0 Å². The summed E-state index contributed by atoms with van der Waals surface area (Å²) in [7, 11) is 0. The number of aliphatic carboxylic acids is 1. The summed E-state index contributed by atoms with van der Waals surface area (Å²) in [6.45, 7) is 3.80. The lowest BCUT2D eigenvalue weighted by Gasteiger charge is -2.51. The second-order valence-electron chi connectivity index (χ2n) is 6.90. The fraction of sp³-hybridized carbons (Fsp3) is 0.364. The smallest absolute Gasteiger partial charge is 0.310 e. The number of carbonyl (C=O) groups excluding carboxylic acids is 2. The quantitative estimate of drug-likeness (QED) is 0.751. The number of carbonyl (C=O) groups is 2. The molecule has 2 aromatic carbocycles. The number of carboxylic acid groups (broad SMARTS) is 1. The van der Waals surface area contributed by atoms with Crippen LogP contribution in [0.3, 0.4) is 0 Å². The van der Waals surface area contributed by atoms with Crippen molar-refractivity contribution in [1.82, 2.24) is 0 Å². The number of hydrogen-bond acceptors (Lipinski definition) is 4. The second-order valence-corrected chi connectivity index (χ2v) is 6.90. The summed E-state index contributed by atoms with van der Waals surface area (Å²) < 4.78 is 5.58. The Morgan fingerprint density at radius 2 is 1.38 bits per heavy atom. The molecular formula is C22H23O4-. The van der Waals surface area contributed by atoms with E-state index in [2.05, 4.69) is 0 Å². The summed E-state index contributed by atoms with van der Waals surface area (Å²) in [5.41, 5.74) is 1.67. The van der Waals surface area contributed by atoms with Crippen LogP contribution < -0.4 is 5.11 Å². The Balaban J connectivity index is 2.00. The van der Waals surface area contributed by atoms with Gasteiger partial charge in [0.15, 0.2) is 0 Å². The van der Waals surface area contributed by atoms with Crippen molar-refractivity contribution in [3.8, 4) is 0 Å². The minimum Gasteiger partial charge on any atom is -0.550 e. The molecule has 2 unspecified atom stereocenters. The molecule has 1 saturated carbocycles. The van der Waals surface area contributed by atoms with E-state index in [1.807, 2.05) is 74.5 Å². The maximum absolute atomic E-state index is 12.9. The zero-order chi connectivity index (χ0) is 18.7. The molecule has 0 saturated heterocycles. The van der Waals surface area contributed by atoms with Crippen LogP contribution in [-0.4, -0.2) is 18.0 Å². The number of ether oxygens (including phenoxy) is 1. The van der Waals surface area contributed by atoms with E-state index in [0.29, 0.717) is 6.42 Å². The molecule has 0 N–H and O–H groups in total. The minimum absolute atomic E-state index is 0.197. The molecule has 0 radical (unpaired) electrons. The molecule has 0 aromatic heterocycles. The van der Waals surface area contributed by atoms with Crippen LogP contribution in [0.15, 0.2) is 60.7 Å². The first kappa shape index (κ1) is 18.2. The predicted molar refractivity (Wildman–Crippen MR) is 96.2 cm³/mol. The highest BCUT2D eigenvalue weighted by Crippen LogP contribution is 2.57. The Kier molecular flexibility index (Phi) is 5.40. The molecule has 5 atom stereocenters. The summed E-state index contributed by atoms with van der Waals surface area (Å²) in [5.74, 6) is -3.63. The maximum Gasteiger partial charge on any atom is 0.310 e. The molecule has 0 amide bonds. The summed E-state index contributed by atoms with van der Waals surface area (Å²) in [6.07, 6.45) is 0.520. The topological polar surface area (TPSA) is 66.4 Å². The van der Waals surface area contributed by atoms with Gasteiger partial charge in [0, 0.05) is 23.7 Å². The van der Waals surface area contributed by atoms with Crippen molar-refractivity contribution in [2.24, 2.45) is 11.8 Å². The van der Waals surface area contributed by atoms with Gasteiger partial charge in [-0.2, -0.15) is 0 Å². The largest absolute Gasteiger partial charge is 0.550 e. The van der Waals surface area contributed by atoms with Crippen molar-refractivity contribution in [3.05, 3.63) is 71.8 Å². The Labute approximate surface area is 153 Å². The summed E-state index contributed by atoms with van der Waals surface area (Å²) in [5, 5.41) is 11.9. The second kappa shape index (κ2) is 7.73. The van der Waals surface area contributed by atoms with Gasteiger partial charge < -0.3 is 14.6 Å². The SMILES string of the molecule is CC[C@H](C)OC(=O)C1[C@H](c2ccccc2)C(C(=O)[O-])[C@@H]1c1ccccc1. The van der Waals surface area contributed by atoms with E-state index < -0.39 is 29.6 Å². The Bertz CT molecular complexity index is 709. The Morgan fingerprint density at radius 1 is 0.923 bits per heavy atom. The molecule has 0 spiro atoms. The van der Waals surface area contributed by atoms with E-state index in [0.717, 1.165) is 11.1 Å². The zero-order valence-corrected chi connectivity index (χ0v) is 15.0. The summed E-state index contributed by atoms with van der Waals surface area (Å²) >= 11 is 0. The average molecular weight is 351 g/mol. The van der Waals surface area contributed by atoms with Crippen molar-refractivity contribution in [3.63, 3.8) is 0 Å². The highest BCUT2D eigenvalue weighted by atomic mass is 16.5. The highest BCUT2D eigenvalue weighted by molar-refractivity contribution is 5.83. The maximum atomic E-state index is 12.9. The minimum atomic E-state index is -1.12. The lowest BCUT2D eigenvalue weighted by Crippen LogP contribution is -2.55. The fourth-order valence-corrected chi connectivity index (χ4v) is 3.87. The van der Waals surface area contributed by atoms with Crippen LogP contribution >= 0.6 is 0 Å². The van der Waals surface area contributed by atoms with Gasteiger partial charge in [0.1, 0.15) is 0 Å². The van der Waals surface area contributed by atoms with Crippen molar-refractivity contribution >= 4 is 11.9 Å². The lowest BCUT2D eigenvalue weighted by molar-refractivity contribution is -0.317. The van der Waals surface area contributed by atoms with Gasteiger partial charge in [0.25, 0.3) is 0 Å². The first-order chi connectivity index (χ1) is 12.5. The van der Waals surface area contributed by atoms with Crippen molar-refractivity contribution in [2.45, 2.75) is 38.2 Å². The van der Waals surface area contributed by atoms with E-state index in [-0.39, 0.29) is 12.1 Å². The van der Waals surface area contributed by atoms with Gasteiger partial charge >= 0.3 is 5.97 Å². The molecule has 3 rings (SSSR count). The number of benzene rings is 2. The Hall–Kier alpha value is -2.62. The molecular weight excluding hydrogens is 328 g/mol. The third-order valence-corrected chi connectivity index (χ3v) is 5.35. The van der Waals surface area contributed by atoms with Crippen molar-refractivity contribution in [2.75, 3.05) is 0 Å². The Morgan fingerprint density at radius 3 is 1.77 bits per heavy atom. The molecule has 0 bridgehead atoms. The van der Waals surface area contributed by atoms with E-state index in [1.54, 1.807) is 0 Å². The average Bonchev–Trinajstić information content (AvgIpc) is 2.62. The molecule has 136 valence electrons. The van der Waals surface area contributed by atoms with E-state index in [4.69, 9.17) is 4.74 Å². The summed E-state index contributed by atoms with van der Waals surface area (Å²) in [6, 6.07) is 18.6. The molecule has 4 heteroatoms. The monoisotopic (exact) mass is 351 g/mol. The van der Waals surface area contributed by atoms with E-state index >= 15 is 0 Å². The molecule has 0 heterocycles. The first-order valence-corrected chi connectivity index (χ1v) is 9.05. The van der Waals surface area contributed by atoms with Gasteiger partial charge in [0.05, 0.1) is 12.0 Å². The van der Waals surface area contributed by atoms with Crippen LogP contribution in [0, 0.1) is 11.8 Å². The van der Waals surface area contributed by atoms with Gasteiger partial charge in [-0.25, -0.2) is 0 Å². The van der Waals surface area contributed by atoms with Crippen LogP contribution in [0.4, 0.5) is 0 Å². The summed E-state index contributed by atoms with van der Waals surface area (Å²) in [4.78, 5) is 24.8. The van der Waals surface area contributed by atoms with Gasteiger partial charge in [-0.05, 0) is 24.5 Å². The highest BCUT2D eigenvalue weighted by Gasteiger charge is 2.56. The molecule has 0 aliphatic heterocycles. The number of carboxylic acids is 1. The molecule has 1 fully saturated rings. The van der Waals surface area contributed by atoms with Gasteiger partial charge in [0.2, 0.25) is 0 Å². The zero-order valence-electron chi connectivity index (χ0n) is 15.0. The molecule has 2 aromatic rings. The predicted octanol–water partition coefficient (Wildman–Crippen LogP) is 2.89. The number of esters is 1. The van der Waals surface area contributed by atoms with Gasteiger partial charge in [-0.3, -0.25) is 4.79 Å². The lowest BCUT2D eigenvalue weighted by atomic mass is 9.52. The third kappa shape index (κ3) is 3.36. The molecule has 4 nitrogen and oxygen atoms in total. The molecule has 1 aliphatic carbocycles. The molecule has 26 heavy (non-hydrogen) atoms. The third-order valence-electron chi connectivity index (χ3n) is 5.35. The molecule has 1 aliphatic rings. The normalized spacial score (nSPS) is 25.8. The van der Waals surface area contributed by atoms with Crippen LogP contribution in [0.1, 0.15) is 43.2 Å². The fourth-order valence-electron chi connectivity index (χ4n) is 3.87. The first-order valence-electron chi connectivity index (χ1n) is 9.05. The van der Waals surface area contributed by atoms with Gasteiger partial charge in [-0.1, -0.05) is 67.6 Å². The van der Waals surface area contributed by atoms with Crippen LogP contribution in [-0.2, 0) is 14.3 Å².